The zero-order valence-electron chi connectivity index (χ0n) is 15.6. The van der Waals surface area contributed by atoms with Gasteiger partial charge in [0.1, 0.15) is 0 Å². The number of amides is 3. The molecule has 1 aliphatic heterocycles. The summed E-state index contributed by atoms with van der Waals surface area (Å²) in [5.74, 6) is -0.200. The number of thiophene rings is 1. The molecule has 1 atom stereocenters. The van der Waals surface area contributed by atoms with E-state index in [1.165, 1.54) is 11.3 Å². The molecule has 1 saturated heterocycles. The van der Waals surface area contributed by atoms with Crippen LogP contribution in [0.2, 0.25) is 0 Å². The van der Waals surface area contributed by atoms with Crippen molar-refractivity contribution < 1.29 is 14.3 Å². The molecule has 10 heteroatoms. The van der Waals surface area contributed by atoms with Crippen LogP contribution in [-0.4, -0.2) is 43.2 Å². The Morgan fingerprint density at radius 1 is 1.28 bits per heavy atom. The van der Waals surface area contributed by atoms with Crippen LogP contribution in [0.15, 0.2) is 35.7 Å². The average Bonchev–Trinajstić information content (AvgIpc) is 3.37. The lowest BCUT2D eigenvalue weighted by atomic mass is 10.1. The molecule has 4 rings (SSSR count). The number of carbonyl (C=O) groups is 2. The number of primary amides is 1. The summed E-state index contributed by atoms with van der Waals surface area (Å²) in [5, 5.41) is 8.40. The third kappa shape index (κ3) is 4.84. The molecule has 1 aromatic carbocycles. The number of anilines is 2. The maximum absolute atomic E-state index is 12.6. The van der Waals surface area contributed by atoms with Crippen LogP contribution < -0.4 is 21.3 Å². The quantitative estimate of drug-likeness (QED) is 0.556. The molecule has 0 unspecified atom stereocenters. The van der Waals surface area contributed by atoms with Gasteiger partial charge in [-0.15, -0.1) is 11.3 Å². The van der Waals surface area contributed by atoms with Crippen LogP contribution in [0.25, 0.3) is 10.2 Å². The van der Waals surface area contributed by atoms with Gasteiger partial charge in [-0.1, -0.05) is 17.4 Å². The lowest BCUT2D eigenvalue weighted by Crippen LogP contribution is -2.36. The molecule has 0 spiro atoms. The molecular formula is C19H21N5O3S2. The molecular weight excluding hydrogens is 410 g/mol. The Hall–Kier alpha value is -2.69. The number of urea groups is 1. The summed E-state index contributed by atoms with van der Waals surface area (Å²) in [4.78, 5) is 31.6. The molecule has 0 saturated carbocycles. The Morgan fingerprint density at radius 3 is 2.83 bits per heavy atom. The Morgan fingerprint density at radius 2 is 2.10 bits per heavy atom. The van der Waals surface area contributed by atoms with Crippen LogP contribution in [0.5, 0.6) is 0 Å². The smallest absolute Gasteiger partial charge is 0.312 e. The molecule has 1 aliphatic rings. The highest BCUT2D eigenvalue weighted by atomic mass is 32.1. The van der Waals surface area contributed by atoms with E-state index in [0.717, 1.165) is 33.3 Å². The lowest BCUT2D eigenvalue weighted by molar-refractivity contribution is -0.116. The number of ether oxygens (including phenoxy) is 1. The highest BCUT2D eigenvalue weighted by Crippen LogP contribution is 2.31. The number of thiazole rings is 1. The van der Waals surface area contributed by atoms with Gasteiger partial charge in [-0.05, 0) is 29.6 Å². The largest absolute Gasteiger partial charge is 0.378 e. The lowest BCUT2D eigenvalue weighted by Gasteiger charge is -2.25. The van der Waals surface area contributed by atoms with Gasteiger partial charge >= 0.3 is 6.03 Å². The van der Waals surface area contributed by atoms with Crippen molar-refractivity contribution in [3.8, 4) is 0 Å². The van der Waals surface area contributed by atoms with E-state index in [1.807, 2.05) is 35.7 Å². The molecule has 0 bridgehead atoms. The molecule has 4 N–H and O–H groups in total. The zero-order valence-corrected chi connectivity index (χ0v) is 17.2. The molecule has 152 valence electrons. The van der Waals surface area contributed by atoms with Crippen molar-refractivity contribution >= 4 is 55.6 Å². The number of rotatable bonds is 6. The molecule has 8 nitrogen and oxygen atoms in total. The summed E-state index contributed by atoms with van der Waals surface area (Å²) < 4.78 is 6.40. The van der Waals surface area contributed by atoms with Crippen LogP contribution in [0.3, 0.4) is 0 Å². The van der Waals surface area contributed by atoms with E-state index < -0.39 is 12.1 Å². The van der Waals surface area contributed by atoms with Gasteiger partial charge in [0.25, 0.3) is 0 Å². The van der Waals surface area contributed by atoms with Crippen molar-refractivity contribution in [1.29, 1.82) is 0 Å². The standard InChI is InChI=1S/C19H21N5O3S2/c20-18(26)22-14(15-2-1-9-28-15)11-17(25)21-12-3-4-13-16(10-12)29-19(23-13)24-5-7-27-8-6-24/h1-4,9-10,14H,5-8,11H2,(H,21,25)(H3,20,22,26)/t14-/m1/s1. The third-order valence-corrected chi connectivity index (χ3v) is 6.60. The van der Waals surface area contributed by atoms with Gasteiger partial charge in [0, 0.05) is 23.7 Å². The number of benzene rings is 1. The van der Waals surface area contributed by atoms with E-state index in [0.29, 0.717) is 18.9 Å². The summed E-state index contributed by atoms with van der Waals surface area (Å²) in [5.41, 5.74) is 6.86. The number of fused-ring (bicyclic) bond motifs is 1. The van der Waals surface area contributed by atoms with E-state index in [9.17, 15) is 9.59 Å². The highest BCUT2D eigenvalue weighted by molar-refractivity contribution is 7.22. The Kier molecular flexibility index (Phi) is 5.93. The number of hydrogen-bond acceptors (Lipinski definition) is 7. The summed E-state index contributed by atoms with van der Waals surface area (Å²) in [6, 6.07) is 8.31. The van der Waals surface area contributed by atoms with E-state index >= 15 is 0 Å². The maximum Gasteiger partial charge on any atom is 0.312 e. The zero-order chi connectivity index (χ0) is 20.2. The first-order chi connectivity index (χ1) is 14.1. The fraction of sp³-hybridized carbons (Fsp3) is 0.316. The fourth-order valence-corrected chi connectivity index (χ4v) is 5.00. The molecule has 2 aromatic heterocycles. The number of morpholine rings is 1. The summed E-state index contributed by atoms with van der Waals surface area (Å²) in [6.45, 7) is 3.09. The van der Waals surface area contributed by atoms with E-state index in [-0.39, 0.29) is 12.3 Å². The molecule has 0 aliphatic carbocycles. The first-order valence-electron chi connectivity index (χ1n) is 9.21. The first kappa shape index (κ1) is 19.6. The van der Waals surface area contributed by atoms with Crippen LogP contribution in [0, 0.1) is 0 Å². The Balaban J connectivity index is 1.45. The fourth-order valence-electron chi connectivity index (χ4n) is 3.16. The second-order valence-corrected chi connectivity index (χ2v) is 8.60. The van der Waals surface area contributed by atoms with Crippen molar-refractivity contribution in [1.82, 2.24) is 10.3 Å². The Bertz CT molecular complexity index is 999. The number of aromatic nitrogens is 1. The average molecular weight is 432 g/mol. The SMILES string of the molecule is NC(=O)N[C@H](CC(=O)Nc1ccc2nc(N3CCOCC3)sc2c1)c1cccs1. The highest BCUT2D eigenvalue weighted by Gasteiger charge is 2.19. The molecule has 1 fully saturated rings. The van der Waals surface area contributed by atoms with Gasteiger partial charge in [-0.2, -0.15) is 0 Å². The third-order valence-electron chi connectivity index (χ3n) is 4.54. The monoisotopic (exact) mass is 431 g/mol. The van der Waals surface area contributed by atoms with Gasteiger partial charge < -0.3 is 26.0 Å². The van der Waals surface area contributed by atoms with Crippen molar-refractivity contribution in [3.05, 3.63) is 40.6 Å². The van der Waals surface area contributed by atoms with Crippen LogP contribution in [0.4, 0.5) is 15.6 Å². The normalized spacial score (nSPS) is 15.2. The summed E-state index contributed by atoms with van der Waals surface area (Å²) in [7, 11) is 0. The number of carbonyl (C=O) groups excluding carboxylic acids is 2. The van der Waals surface area contributed by atoms with Gasteiger partial charge in [-0.25, -0.2) is 9.78 Å². The second kappa shape index (κ2) is 8.76. The molecule has 3 heterocycles. The molecule has 3 aromatic rings. The molecule has 29 heavy (non-hydrogen) atoms. The number of nitrogens with two attached hydrogens (primary N) is 1. The van der Waals surface area contributed by atoms with Crippen LogP contribution >= 0.6 is 22.7 Å². The van der Waals surface area contributed by atoms with Crippen molar-refractivity contribution in [2.75, 3.05) is 36.5 Å². The topological polar surface area (TPSA) is 110 Å². The van der Waals surface area contributed by atoms with Crippen molar-refractivity contribution in [2.24, 2.45) is 5.73 Å². The molecule has 0 radical (unpaired) electrons. The van der Waals surface area contributed by atoms with Crippen LogP contribution in [0.1, 0.15) is 17.3 Å². The number of hydrogen-bond donors (Lipinski definition) is 3. The van der Waals surface area contributed by atoms with E-state index in [4.69, 9.17) is 10.5 Å². The van der Waals surface area contributed by atoms with Gasteiger partial charge in [0.15, 0.2) is 5.13 Å². The molecule has 3 amide bonds. The van der Waals surface area contributed by atoms with Gasteiger partial charge in [-0.3, -0.25) is 4.79 Å². The minimum Gasteiger partial charge on any atom is -0.378 e. The number of nitrogens with one attached hydrogen (secondary N) is 2. The van der Waals surface area contributed by atoms with Gasteiger partial charge in [0.05, 0.1) is 35.9 Å². The first-order valence-corrected chi connectivity index (χ1v) is 10.9. The maximum atomic E-state index is 12.6. The van der Waals surface area contributed by atoms with E-state index in [2.05, 4.69) is 20.5 Å². The summed E-state index contributed by atoms with van der Waals surface area (Å²) in [6.07, 6.45) is 0.100. The van der Waals surface area contributed by atoms with Crippen LogP contribution in [-0.2, 0) is 9.53 Å². The summed E-state index contributed by atoms with van der Waals surface area (Å²) >= 11 is 3.07. The van der Waals surface area contributed by atoms with Crippen molar-refractivity contribution in [3.63, 3.8) is 0 Å². The van der Waals surface area contributed by atoms with Gasteiger partial charge in [0.2, 0.25) is 5.91 Å². The Labute approximate surface area is 175 Å². The van der Waals surface area contributed by atoms with Crippen molar-refractivity contribution in [2.45, 2.75) is 12.5 Å². The number of nitrogens with zero attached hydrogens (tertiary/aromatic N) is 2. The predicted molar refractivity (Wildman–Crippen MR) is 116 cm³/mol. The minimum atomic E-state index is -0.655. The minimum absolute atomic E-state index is 0.100. The predicted octanol–water partition coefficient (Wildman–Crippen LogP) is 2.93. The second-order valence-electron chi connectivity index (χ2n) is 6.61. The van der Waals surface area contributed by atoms with E-state index in [1.54, 1.807) is 11.3 Å².